The second-order valence-electron chi connectivity index (χ2n) is 23.1. The molecule has 6 aliphatic carbocycles. The van der Waals surface area contributed by atoms with Crippen LogP contribution < -0.4 is 19.9 Å². The highest BCUT2D eigenvalue weighted by Gasteiger charge is 2.68. The Morgan fingerprint density at radius 2 is 1.16 bits per heavy atom. The van der Waals surface area contributed by atoms with E-state index in [2.05, 4.69) is 5.16 Å². The lowest BCUT2D eigenvalue weighted by Crippen LogP contribution is -2.67. The van der Waals surface area contributed by atoms with Gasteiger partial charge in [0.15, 0.2) is 22.7 Å². The van der Waals surface area contributed by atoms with E-state index in [1.807, 2.05) is 91.0 Å². The lowest BCUT2D eigenvalue weighted by molar-refractivity contribution is -0.313. The summed E-state index contributed by atoms with van der Waals surface area (Å²) in [6.45, 7) is 3.35. The third-order valence-corrected chi connectivity index (χ3v) is 17.8. The predicted molar refractivity (Wildman–Crippen MR) is 312 cm³/mol. The van der Waals surface area contributed by atoms with Gasteiger partial charge >= 0.3 is 0 Å². The second kappa shape index (κ2) is 22.7. The second-order valence-corrected chi connectivity index (χ2v) is 23.1. The number of hydrogen-bond donors (Lipinski definition) is 7. The lowest BCUT2D eigenvalue weighted by Gasteiger charge is -2.53. The van der Waals surface area contributed by atoms with Gasteiger partial charge in [-0.2, -0.15) is 0 Å². The highest BCUT2D eigenvalue weighted by atomic mass is 17.1. The largest absolute Gasteiger partial charge is 0.508 e. The zero-order valence-corrected chi connectivity index (χ0v) is 47.6. The standard InChI is InChI=1S/C36H32N2O9.C29H30N2O8.CH4/c1-35(47-43)22-15-10-16-25(44-18-20-11-6-4-7-12-20)26(22)30(39)27-23(35)17-24-29(38(2)3)31-28(33(41)36(24,42)32(27)40)34(37-46-31)45-19-21-13-8-5-9-14-21;1-28(37)15-10-7-11-18(39-13-14-8-5-4-6-9-14)19(15)23(32)20-16(28)12-17-22(31(2)3)24(33)21(27(30)36)26(35)29(17,38)25(20)34;/h4-16,24,29,42-43H,17-19H2,1-3H3;4-11,16-17,22,32,35,37-38H,12-13H2,1-3H3,(H2,30,36);1H4/t24-,29-,35+,36-;16-,17-,22-,28+,29-;/m00./s1. The molecule has 6 aliphatic rings. The number of aliphatic hydroxyl groups is 5. The molecular weight excluding hydrogens is 1120 g/mol. The van der Waals surface area contributed by atoms with Crippen molar-refractivity contribution in [3.63, 3.8) is 0 Å². The molecule has 1 fully saturated rings. The first kappa shape index (κ1) is 61.2. The molecule has 0 spiro atoms. The Morgan fingerprint density at radius 1 is 0.644 bits per heavy atom. The molecule has 12 rings (SSSR count). The first-order valence-electron chi connectivity index (χ1n) is 27.7. The van der Waals surface area contributed by atoms with Crippen LogP contribution in [0.5, 0.6) is 17.4 Å². The van der Waals surface area contributed by atoms with Gasteiger partial charge in [0.05, 0.1) is 34.4 Å². The summed E-state index contributed by atoms with van der Waals surface area (Å²) in [6.07, 6.45) is -0.336. The summed E-state index contributed by atoms with van der Waals surface area (Å²) < 4.78 is 23.6. The molecule has 1 amide bonds. The molecule has 5 aromatic carbocycles. The number of likely N-dealkylation sites (N-methyl/N-ethyl adjacent to an activating group) is 1. The first-order valence-corrected chi connectivity index (χ1v) is 27.7. The maximum Gasteiger partial charge on any atom is 0.265 e. The number of carbonyl (C=O) groups is 6. The molecule has 21 nitrogen and oxygen atoms in total. The van der Waals surface area contributed by atoms with Crippen molar-refractivity contribution in [3.8, 4) is 17.4 Å². The van der Waals surface area contributed by atoms with E-state index in [-0.39, 0.29) is 96.6 Å². The van der Waals surface area contributed by atoms with E-state index >= 15 is 0 Å². The quantitative estimate of drug-likeness (QED) is 0.0265. The van der Waals surface area contributed by atoms with E-state index in [1.165, 1.54) is 32.8 Å². The van der Waals surface area contributed by atoms with Gasteiger partial charge in [0.1, 0.15) is 59.6 Å². The molecule has 87 heavy (non-hydrogen) atoms. The molecule has 0 bridgehead atoms. The highest BCUT2D eigenvalue weighted by molar-refractivity contribution is 6.37. The number of amides is 1. The van der Waals surface area contributed by atoms with Crippen LogP contribution in [0.4, 0.5) is 0 Å². The van der Waals surface area contributed by atoms with Crippen LogP contribution in [0, 0.1) is 17.8 Å². The molecule has 6 aromatic rings. The van der Waals surface area contributed by atoms with Gasteiger partial charge in [-0.25, -0.2) is 4.89 Å². The Bertz CT molecular complexity index is 3890. The van der Waals surface area contributed by atoms with E-state index in [0.717, 1.165) is 16.7 Å². The van der Waals surface area contributed by atoms with Crippen molar-refractivity contribution < 1.29 is 83.2 Å². The third kappa shape index (κ3) is 9.48. The predicted octanol–water partition coefficient (Wildman–Crippen LogP) is 6.99. The third-order valence-electron chi connectivity index (χ3n) is 17.8. The smallest absolute Gasteiger partial charge is 0.265 e. The average Bonchev–Trinajstić information content (AvgIpc) is 1.36. The number of fused-ring (bicyclic) bond motifs is 6. The van der Waals surface area contributed by atoms with Crippen molar-refractivity contribution >= 4 is 40.6 Å². The van der Waals surface area contributed by atoms with Crippen LogP contribution >= 0.6 is 0 Å². The number of aliphatic hydroxyl groups excluding tert-OH is 2. The average molecular weight is 1190 g/mol. The Hall–Kier alpha value is -8.93. The molecule has 21 heteroatoms. The van der Waals surface area contributed by atoms with Gasteiger partial charge in [0, 0.05) is 28.9 Å². The Morgan fingerprint density at radius 3 is 1.68 bits per heavy atom. The zero-order valence-electron chi connectivity index (χ0n) is 47.6. The molecule has 0 saturated heterocycles. The summed E-state index contributed by atoms with van der Waals surface area (Å²) in [6, 6.07) is 35.5. The molecule has 0 unspecified atom stereocenters. The fourth-order valence-electron chi connectivity index (χ4n) is 13.5. The first-order chi connectivity index (χ1) is 40.9. The van der Waals surface area contributed by atoms with Crippen LogP contribution in [-0.2, 0) is 55.1 Å². The van der Waals surface area contributed by atoms with E-state index in [1.54, 1.807) is 55.4 Å². The van der Waals surface area contributed by atoms with Crippen LogP contribution in [0.1, 0.15) is 100 Å². The van der Waals surface area contributed by atoms with E-state index in [9.17, 15) is 59.6 Å². The van der Waals surface area contributed by atoms with Gasteiger partial charge in [-0.05, 0) is 100.0 Å². The fourth-order valence-corrected chi connectivity index (χ4v) is 13.5. The number of nitrogens with two attached hydrogens (primary N) is 1. The summed E-state index contributed by atoms with van der Waals surface area (Å²) in [4.78, 5) is 91.0. The molecule has 1 aromatic heterocycles. The summed E-state index contributed by atoms with van der Waals surface area (Å²) in [5.74, 6) is -10.8. The maximum absolute atomic E-state index is 14.6. The van der Waals surface area contributed by atoms with Gasteiger partial charge < -0.3 is 50.0 Å². The van der Waals surface area contributed by atoms with Gasteiger partial charge in [0.2, 0.25) is 23.1 Å². The maximum atomic E-state index is 14.6. The van der Waals surface area contributed by atoms with Crippen molar-refractivity contribution in [3.05, 3.63) is 206 Å². The van der Waals surface area contributed by atoms with E-state index in [0.29, 0.717) is 5.56 Å². The Balaban J connectivity index is 0.000000194. The van der Waals surface area contributed by atoms with E-state index < -0.39 is 110 Å². The van der Waals surface area contributed by atoms with Crippen LogP contribution in [0.25, 0.3) is 5.76 Å². The Kier molecular flexibility index (Phi) is 16.0. The minimum absolute atomic E-state index is 0. The number of carbonyl (C=O) groups excluding carboxylic acids is 6. The van der Waals surface area contributed by atoms with Crippen molar-refractivity contribution in [1.82, 2.24) is 15.0 Å². The van der Waals surface area contributed by atoms with Crippen LogP contribution in [0.2, 0.25) is 0 Å². The van der Waals surface area contributed by atoms with Crippen molar-refractivity contribution in [2.45, 2.75) is 88.4 Å². The van der Waals surface area contributed by atoms with Crippen molar-refractivity contribution in [2.24, 2.45) is 23.5 Å². The SMILES string of the molecule is C.CN(C)[C@@H]1C(=O)C(C(N)=O)=C(O)[C@@]2(O)C(=O)C3=C(O)c4c(OCc5ccccc5)cccc4[C@@](C)(O)[C@H]3C[C@@H]12.CN(C)[C@@H]1c2onc(OCc3ccccc3)c2C(=O)[C@@]2(O)C(=O)C3=C(C[C@@H]12)[C@](C)(OO)c1cccc(OCc2ccccc2)c1C3=O. The lowest BCUT2D eigenvalue weighted by atomic mass is 9.54. The zero-order chi connectivity index (χ0) is 61.5. The van der Waals surface area contributed by atoms with Gasteiger partial charge in [0.25, 0.3) is 11.8 Å². The minimum Gasteiger partial charge on any atom is -0.508 e. The number of ketones is 5. The fraction of sp³-hybridized carbons (Fsp3) is 0.318. The van der Waals surface area contributed by atoms with E-state index in [4.69, 9.17) is 29.4 Å². The van der Waals surface area contributed by atoms with Crippen molar-refractivity contribution in [2.75, 3.05) is 28.2 Å². The number of aromatic nitrogens is 1. The molecule has 1 heterocycles. The number of hydrogen-bond acceptors (Lipinski definition) is 20. The number of nitrogens with zero attached hydrogens (tertiary/aromatic N) is 3. The van der Waals surface area contributed by atoms with Crippen LogP contribution in [-0.4, -0.2) is 126 Å². The summed E-state index contributed by atoms with van der Waals surface area (Å²) in [5.41, 5.74) is -1.95. The van der Waals surface area contributed by atoms with Gasteiger partial charge in [-0.3, -0.25) is 43.8 Å². The molecule has 0 aliphatic heterocycles. The highest BCUT2D eigenvalue weighted by Crippen LogP contribution is 2.59. The molecule has 8 N–H and O–H groups in total. The van der Waals surface area contributed by atoms with Gasteiger partial charge in [-0.1, -0.05) is 123 Å². The number of rotatable bonds is 13. The Labute approximate surface area is 500 Å². The molecular formula is C66H66N4O17. The molecule has 1 saturated carbocycles. The summed E-state index contributed by atoms with van der Waals surface area (Å²) in [7, 11) is 6.49. The number of ether oxygens (including phenoxy) is 3. The normalized spacial score (nSPS) is 26.9. The number of benzene rings is 5. The molecule has 0 radical (unpaired) electrons. The van der Waals surface area contributed by atoms with Gasteiger partial charge in [-0.15, -0.1) is 0 Å². The monoisotopic (exact) mass is 1190 g/mol. The summed E-state index contributed by atoms with van der Waals surface area (Å²) >= 11 is 0. The molecule has 452 valence electrons. The van der Waals surface area contributed by atoms with Crippen molar-refractivity contribution in [1.29, 1.82) is 0 Å². The number of Topliss-reactive ketones (excluding diaryl/α,β-unsaturated/α-hetero) is 5. The van der Waals surface area contributed by atoms with Crippen LogP contribution in [0.15, 0.2) is 160 Å². The summed E-state index contributed by atoms with van der Waals surface area (Å²) in [5, 5.41) is 72.9. The minimum atomic E-state index is -2.74. The van der Waals surface area contributed by atoms with Crippen LogP contribution in [0.3, 0.4) is 0 Å². The topological polar surface area (TPSA) is 319 Å². The molecule has 9 atom stereocenters. The number of primary amides is 1.